The van der Waals surface area contributed by atoms with E-state index < -0.39 is 9.84 Å². The third-order valence-corrected chi connectivity index (χ3v) is 6.19. The van der Waals surface area contributed by atoms with E-state index in [1.54, 1.807) is 10.9 Å². The largest absolute Gasteiger partial charge is 0.352 e. The number of nitrogens with zero attached hydrogens (tertiary/aromatic N) is 3. The van der Waals surface area contributed by atoms with Gasteiger partial charge in [0.2, 0.25) is 5.91 Å². The first kappa shape index (κ1) is 16.0. The molecule has 1 aromatic carbocycles. The SMILES string of the molecule is O=C(CSc1nncn1-c1ccccc1)N[C@H]1CCS(=O)(=O)C1. The van der Waals surface area contributed by atoms with Gasteiger partial charge in [-0.25, -0.2) is 8.42 Å². The van der Waals surface area contributed by atoms with Crippen LogP contribution in [0.1, 0.15) is 6.42 Å². The molecule has 1 aliphatic rings. The molecule has 1 amide bonds. The van der Waals surface area contributed by atoms with Crippen molar-refractivity contribution in [2.45, 2.75) is 17.6 Å². The quantitative estimate of drug-likeness (QED) is 0.795. The van der Waals surface area contributed by atoms with E-state index in [9.17, 15) is 13.2 Å². The van der Waals surface area contributed by atoms with Gasteiger partial charge in [0, 0.05) is 11.7 Å². The maximum Gasteiger partial charge on any atom is 0.230 e. The molecule has 0 spiro atoms. The molecule has 9 heteroatoms. The highest BCUT2D eigenvalue weighted by molar-refractivity contribution is 7.99. The summed E-state index contributed by atoms with van der Waals surface area (Å²) in [6.45, 7) is 0. The summed E-state index contributed by atoms with van der Waals surface area (Å²) >= 11 is 1.27. The van der Waals surface area contributed by atoms with Gasteiger partial charge in [-0.3, -0.25) is 9.36 Å². The maximum atomic E-state index is 12.0. The van der Waals surface area contributed by atoms with Gasteiger partial charge < -0.3 is 5.32 Å². The van der Waals surface area contributed by atoms with Crippen LogP contribution in [0.25, 0.3) is 5.69 Å². The fourth-order valence-corrected chi connectivity index (χ4v) is 4.81. The second-order valence-corrected chi connectivity index (χ2v) is 8.45. The van der Waals surface area contributed by atoms with Crippen LogP contribution < -0.4 is 5.32 Å². The number of sulfone groups is 1. The lowest BCUT2D eigenvalue weighted by Gasteiger charge is -2.10. The van der Waals surface area contributed by atoms with Crippen LogP contribution in [0.15, 0.2) is 41.8 Å². The Bertz CT molecular complexity index is 789. The lowest BCUT2D eigenvalue weighted by Crippen LogP contribution is -2.36. The Kier molecular flexibility index (Phi) is 4.67. The summed E-state index contributed by atoms with van der Waals surface area (Å²) in [7, 11) is -2.99. The molecule has 1 aliphatic heterocycles. The first-order chi connectivity index (χ1) is 11.0. The third-order valence-electron chi connectivity index (χ3n) is 3.48. The van der Waals surface area contributed by atoms with Gasteiger partial charge in [0.25, 0.3) is 0 Å². The number of thioether (sulfide) groups is 1. The number of hydrogen-bond donors (Lipinski definition) is 1. The molecule has 0 radical (unpaired) electrons. The van der Waals surface area contributed by atoms with Crippen molar-refractivity contribution in [2.75, 3.05) is 17.3 Å². The van der Waals surface area contributed by atoms with E-state index >= 15 is 0 Å². The van der Waals surface area contributed by atoms with Crippen molar-refractivity contribution in [1.82, 2.24) is 20.1 Å². The molecule has 2 aromatic rings. The van der Waals surface area contributed by atoms with E-state index in [1.807, 2.05) is 30.3 Å². The van der Waals surface area contributed by atoms with Crippen LogP contribution in [0.4, 0.5) is 0 Å². The standard InChI is InChI=1S/C14H16N4O3S2/c19-13(16-11-6-7-23(20,21)9-11)8-22-14-17-15-10-18(14)12-4-2-1-3-5-12/h1-5,10-11H,6-9H2,(H,16,19)/t11-/m0/s1. The van der Waals surface area contributed by atoms with Crippen molar-refractivity contribution in [1.29, 1.82) is 0 Å². The summed E-state index contributed by atoms with van der Waals surface area (Å²) in [5, 5.41) is 11.3. The van der Waals surface area contributed by atoms with Crippen molar-refractivity contribution in [3.63, 3.8) is 0 Å². The number of aromatic nitrogens is 3. The Balaban J connectivity index is 1.57. The van der Waals surface area contributed by atoms with E-state index in [0.29, 0.717) is 11.6 Å². The molecule has 0 unspecified atom stereocenters. The van der Waals surface area contributed by atoms with Gasteiger partial charge in [-0.2, -0.15) is 0 Å². The third kappa shape index (κ3) is 4.11. The number of para-hydroxylation sites is 1. The highest BCUT2D eigenvalue weighted by Crippen LogP contribution is 2.19. The van der Waals surface area contributed by atoms with E-state index in [1.165, 1.54) is 11.8 Å². The van der Waals surface area contributed by atoms with Gasteiger partial charge in [-0.1, -0.05) is 30.0 Å². The number of nitrogens with one attached hydrogen (secondary N) is 1. The summed E-state index contributed by atoms with van der Waals surface area (Å²) in [5.74, 6) is 0.152. The Labute approximate surface area is 138 Å². The van der Waals surface area contributed by atoms with Crippen molar-refractivity contribution >= 4 is 27.5 Å². The molecule has 1 fully saturated rings. The average Bonchev–Trinajstić information content (AvgIpc) is 3.12. The van der Waals surface area contributed by atoms with E-state index in [2.05, 4.69) is 15.5 Å². The Morgan fingerprint density at radius 1 is 1.35 bits per heavy atom. The van der Waals surface area contributed by atoms with Crippen LogP contribution in [0.2, 0.25) is 0 Å². The second kappa shape index (κ2) is 6.71. The first-order valence-electron chi connectivity index (χ1n) is 7.11. The average molecular weight is 352 g/mol. The zero-order chi connectivity index (χ0) is 16.3. The molecule has 2 heterocycles. The zero-order valence-corrected chi connectivity index (χ0v) is 13.9. The molecular formula is C14H16N4O3S2. The molecule has 1 N–H and O–H groups in total. The summed E-state index contributed by atoms with van der Waals surface area (Å²) in [4.78, 5) is 12.0. The van der Waals surface area contributed by atoms with Crippen molar-refractivity contribution in [3.05, 3.63) is 36.7 Å². The second-order valence-electron chi connectivity index (χ2n) is 5.28. The predicted molar refractivity (Wildman–Crippen MR) is 87.3 cm³/mol. The molecule has 1 saturated heterocycles. The number of rotatable bonds is 5. The smallest absolute Gasteiger partial charge is 0.230 e. The molecule has 0 saturated carbocycles. The fourth-order valence-electron chi connectivity index (χ4n) is 2.40. The molecule has 1 aromatic heterocycles. The van der Waals surface area contributed by atoms with Gasteiger partial charge in [0.05, 0.1) is 17.3 Å². The lowest BCUT2D eigenvalue weighted by molar-refractivity contribution is -0.119. The van der Waals surface area contributed by atoms with Crippen LogP contribution >= 0.6 is 11.8 Å². The molecule has 7 nitrogen and oxygen atoms in total. The van der Waals surface area contributed by atoms with Crippen LogP contribution in [-0.4, -0.2) is 52.4 Å². The van der Waals surface area contributed by atoms with Gasteiger partial charge >= 0.3 is 0 Å². The Hall–Kier alpha value is -1.87. The highest BCUT2D eigenvalue weighted by Gasteiger charge is 2.28. The summed E-state index contributed by atoms with van der Waals surface area (Å²) < 4.78 is 24.6. The predicted octanol–water partition coefficient (Wildman–Crippen LogP) is 0.663. The number of hydrogen-bond acceptors (Lipinski definition) is 6. The minimum Gasteiger partial charge on any atom is -0.352 e. The van der Waals surface area contributed by atoms with Crippen LogP contribution in [0.5, 0.6) is 0 Å². The molecule has 23 heavy (non-hydrogen) atoms. The molecule has 122 valence electrons. The van der Waals surface area contributed by atoms with Gasteiger partial charge in [0.15, 0.2) is 15.0 Å². The Morgan fingerprint density at radius 3 is 2.83 bits per heavy atom. The molecular weight excluding hydrogens is 336 g/mol. The van der Waals surface area contributed by atoms with E-state index in [0.717, 1.165) is 5.69 Å². The topological polar surface area (TPSA) is 93.9 Å². The minimum absolute atomic E-state index is 0.0314. The van der Waals surface area contributed by atoms with Crippen molar-refractivity contribution < 1.29 is 13.2 Å². The van der Waals surface area contributed by atoms with E-state index in [4.69, 9.17) is 0 Å². The minimum atomic E-state index is -2.99. The van der Waals surface area contributed by atoms with Crippen molar-refractivity contribution in [2.24, 2.45) is 0 Å². The zero-order valence-electron chi connectivity index (χ0n) is 12.3. The van der Waals surface area contributed by atoms with Gasteiger partial charge in [-0.05, 0) is 18.6 Å². The summed E-state index contributed by atoms with van der Waals surface area (Å²) in [6.07, 6.45) is 2.08. The molecule has 0 bridgehead atoms. The van der Waals surface area contributed by atoms with Gasteiger partial charge in [-0.15, -0.1) is 10.2 Å². The number of carbonyl (C=O) groups excluding carboxylic acids is 1. The van der Waals surface area contributed by atoms with E-state index in [-0.39, 0.29) is 29.2 Å². The fraction of sp³-hybridized carbons (Fsp3) is 0.357. The van der Waals surface area contributed by atoms with Gasteiger partial charge in [0.1, 0.15) is 6.33 Å². The lowest BCUT2D eigenvalue weighted by atomic mass is 10.3. The summed E-state index contributed by atoms with van der Waals surface area (Å²) in [6, 6.07) is 9.33. The molecule has 0 aliphatic carbocycles. The Morgan fingerprint density at radius 2 is 2.13 bits per heavy atom. The van der Waals surface area contributed by atoms with Crippen LogP contribution in [-0.2, 0) is 14.6 Å². The monoisotopic (exact) mass is 352 g/mol. The highest BCUT2D eigenvalue weighted by atomic mass is 32.2. The normalized spacial score (nSPS) is 19.6. The number of carbonyl (C=O) groups is 1. The molecule has 1 atom stereocenters. The van der Waals surface area contributed by atoms with Crippen molar-refractivity contribution in [3.8, 4) is 5.69 Å². The number of amides is 1. The maximum absolute atomic E-state index is 12.0. The van der Waals surface area contributed by atoms with Crippen LogP contribution in [0, 0.1) is 0 Å². The van der Waals surface area contributed by atoms with Crippen LogP contribution in [0.3, 0.4) is 0 Å². The first-order valence-corrected chi connectivity index (χ1v) is 9.92. The summed E-state index contributed by atoms with van der Waals surface area (Å²) in [5.41, 5.74) is 0.919. The molecule has 3 rings (SSSR count). The number of benzene rings is 1.